The average Bonchev–Trinajstić information content (AvgIpc) is 3.50. The Kier molecular flexibility index (Phi) is 19.2. The molecule has 54 heavy (non-hydrogen) atoms. The number of benzene rings is 1. The summed E-state index contributed by atoms with van der Waals surface area (Å²) in [6.45, 7) is 39.2. The Morgan fingerprint density at radius 2 is 0.907 bits per heavy atom. The lowest BCUT2D eigenvalue weighted by Crippen LogP contribution is -2.59. The minimum Gasteiger partial charge on any atom is -0.388 e. The highest BCUT2D eigenvalue weighted by atomic mass is 19.4. The lowest BCUT2D eigenvalue weighted by atomic mass is 9.47. The predicted molar refractivity (Wildman–Crippen MR) is 232 cm³/mol. The summed E-state index contributed by atoms with van der Waals surface area (Å²) in [6.07, 6.45) is 10.5. The van der Waals surface area contributed by atoms with Crippen LogP contribution in [0.15, 0.2) is 30.3 Å². The Morgan fingerprint density at radius 1 is 0.556 bits per heavy atom. The fourth-order valence-corrected chi connectivity index (χ4v) is 7.66. The van der Waals surface area contributed by atoms with Crippen molar-refractivity contribution in [3.63, 3.8) is 0 Å². The van der Waals surface area contributed by atoms with E-state index in [1.165, 1.54) is 88.7 Å². The maximum Gasteiger partial charge on any atom is 0.398 e. The zero-order chi connectivity index (χ0) is 42.9. The van der Waals surface area contributed by atoms with E-state index in [4.69, 9.17) is 0 Å². The third-order valence-corrected chi connectivity index (χ3v) is 15.9. The van der Waals surface area contributed by atoms with Gasteiger partial charge in [-0.25, -0.2) is 0 Å². The summed E-state index contributed by atoms with van der Waals surface area (Å²) in [7, 11) is 8.09. The molecule has 0 spiro atoms. The van der Waals surface area contributed by atoms with E-state index < -0.39 is 22.4 Å². The first-order valence-corrected chi connectivity index (χ1v) is 21.4. The number of hydrogen-bond acceptors (Lipinski definition) is 1. The van der Waals surface area contributed by atoms with E-state index in [0.29, 0.717) is 32.6 Å². The van der Waals surface area contributed by atoms with Crippen LogP contribution in [0.25, 0.3) is 0 Å². The van der Waals surface area contributed by atoms with Gasteiger partial charge in [0.15, 0.2) is 0 Å². The highest BCUT2D eigenvalue weighted by Gasteiger charge is 2.63. The third kappa shape index (κ3) is 13.2. The van der Waals surface area contributed by atoms with Crippen LogP contribution in [0.1, 0.15) is 187 Å². The van der Waals surface area contributed by atoms with Gasteiger partial charge in [0, 0.05) is 27.1 Å². The van der Waals surface area contributed by atoms with Gasteiger partial charge in [-0.05, 0) is 69.2 Å². The van der Waals surface area contributed by atoms with Crippen molar-refractivity contribution in [2.75, 3.05) is 41.4 Å². The number of nitrogens with zero attached hydrogens (tertiary/aromatic N) is 1. The van der Waals surface area contributed by atoms with Crippen molar-refractivity contribution in [3.05, 3.63) is 35.9 Å². The van der Waals surface area contributed by atoms with Crippen LogP contribution >= 0.6 is 0 Å². The number of rotatable bonds is 4. The summed E-state index contributed by atoms with van der Waals surface area (Å²) in [5, 5.41) is 0. The van der Waals surface area contributed by atoms with Gasteiger partial charge in [0.25, 0.3) is 0 Å². The summed E-state index contributed by atoms with van der Waals surface area (Å²) in [5.74, 6) is 0.983. The Hall–Kier alpha value is -1.07. The molecule has 5 heteroatoms. The lowest BCUT2D eigenvalue weighted by Gasteiger charge is -2.60. The van der Waals surface area contributed by atoms with E-state index in [1.807, 2.05) is 20.8 Å². The third-order valence-electron chi connectivity index (χ3n) is 15.9. The topological polar surface area (TPSA) is 9.23 Å². The lowest BCUT2D eigenvalue weighted by molar-refractivity contribution is -0.898. The van der Waals surface area contributed by atoms with Crippen molar-refractivity contribution in [2.24, 2.45) is 43.8 Å². The average molecular weight is 769 g/mol. The first-order valence-electron chi connectivity index (χ1n) is 21.4. The van der Waals surface area contributed by atoms with E-state index >= 15 is 0 Å². The van der Waals surface area contributed by atoms with Crippen LogP contribution in [0, 0.1) is 43.8 Å². The van der Waals surface area contributed by atoms with Crippen LogP contribution in [-0.4, -0.2) is 52.1 Å². The number of likely N-dealkylation sites (tertiary alicyclic amines) is 1. The van der Waals surface area contributed by atoms with Crippen molar-refractivity contribution in [1.29, 1.82) is 0 Å². The maximum absolute atomic E-state index is 13.8. The standard InChI is InChI=1S/C19H38N.C16H23F3.C8H18.C4H8.C2H6O/c1-17(2,3)18(4,5)19(16-10-8-9-11-16)12-14-20(6,7)15-13-19;1-13(2,3)14(4,5)15(6,16(17,18)19)12-10-8-7-9-11-12;1-7(2,3)8(4,5)6;1-2-4-3-1;1-3-2/h16H,8-15H2,1-7H3;7-11H,1-6H3;1-6H3;1-4H2;1-2H3/q+1;;;;. The molecule has 0 aromatic heterocycles. The van der Waals surface area contributed by atoms with Gasteiger partial charge in [-0.3, -0.25) is 0 Å². The summed E-state index contributed by atoms with van der Waals surface area (Å²) in [4.78, 5) is 0. The molecule has 1 aromatic carbocycles. The molecule has 0 amide bonds. The Morgan fingerprint density at radius 3 is 1.17 bits per heavy atom. The van der Waals surface area contributed by atoms with E-state index in [9.17, 15) is 13.2 Å². The molecule has 4 rings (SSSR count). The van der Waals surface area contributed by atoms with Crippen LogP contribution < -0.4 is 0 Å². The normalized spacial score (nSPS) is 20.5. The molecular formula is C49H93F3NO+. The molecule has 2 aliphatic carbocycles. The molecule has 1 saturated heterocycles. The second-order valence-corrected chi connectivity index (χ2v) is 23.1. The van der Waals surface area contributed by atoms with Crippen LogP contribution in [0.4, 0.5) is 13.2 Å². The summed E-state index contributed by atoms with van der Waals surface area (Å²) < 4.78 is 46.9. The van der Waals surface area contributed by atoms with Gasteiger partial charge in [0.2, 0.25) is 0 Å². The van der Waals surface area contributed by atoms with Gasteiger partial charge in [0.05, 0.1) is 32.6 Å². The van der Waals surface area contributed by atoms with Crippen molar-refractivity contribution in [2.45, 2.75) is 194 Å². The molecular weight excluding hydrogens is 676 g/mol. The molecule has 1 heterocycles. The van der Waals surface area contributed by atoms with Crippen molar-refractivity contribution >= 4 is 0 Å². The molecule has 0 radical (unpaired) electrons. The Bertz CT molecular complexity index is 1150. The second kappa shape index (κ2) is 19.6. The van der Waals surface area contributed by atoms with Gasteiger partial charge >= 0.3 is 6.18 Å². The van der Waals surface area contributed by atoms with E-state index in [0.717, 1.165) is 5.92 Å². The molecule has 3 fully saturated rings. The monoisotopic (exact) mass is 769 g/mol. The Labute approximate surface area is 336 Å². The fraction of sp³-hybridized carbons (Fsp3) is 0.878. The molecule has 2 nitrogen and oxygen atoms in total. The van der Waals surface area contributed by atoms with Gasteiger partial charge in [-0.15, -0.1) is 0 Å². The number of halogens is 3. The van der Waals surface area contributed by atoms with E-state index in [2.05, 4.69) is 95.0 Å². The molecule has 1 aromatic rings. The predicted octanol–water partition coefficient (Wildman–Crippen LogP) is 15.6. The zero-order valence-electron chi connectivity index (χ0n) is 39.9. The number of hydrogen-bond donors (Lipinski definition) is 0. The summed E-state index contributed by atoms with van der Waals surface area (Å²) in [5.41, 5.74) is -0.719. The van der Waals surface area contributed by atoms with E-state index in [1.54, 1.807) is 58.4 Å². The summed E-state index contributed by atoms with van der Waals surface area (Å²) in [6, 6.07) is 8.21. The fourth-order valence-electron chi connectivity index (χ4n) is 7.66. The first kappa shape index (κ1) is 52.9. The van der Waals surface area contributed by atoms with Crippen molar-refractivity contribution in [3.8, 4) is 0 Å². The molecule has 1 aliphatic heterocycles. The van der Waals surface area contributed by atoms with E-state index in [-0.39, 0.29) is 0 Å². The molecule has 0 N–H and O–H groups in total. The van der Waals surface area contributed by atoms with Gasteiger partial charge < -0.3 is 9.22 Å². The highest BCUT2D eigenvalue weighted by Crippen LogP contribution is 2.63. The van der Waals surface area contributed by atoms with Crippen molar-refractivity contribution < 1.29 is 22.4 Å². The smallest absolute Gasteiger partial charge is 0.388 e. The molecule has 3 aliphatic rings. The molecule has 1 atom stereocenters. The second-order valence-electron chi connectivity index (χ2n) is 23.1. The van der Waals surface area contributed by atoms with Crippen LogP contribution in [0.2, 0.25) is 0 Å². The molecule has 1 unspecified atom stereocenters. The number of piperidine rings is 1. The zero-order valence-corrected chi connectivity index (χ0v) is 39.9. The SMILES string of the molecule is C1CCC1.CC(C)(C)C(C)(C)C.CC(C)(C)C(C)(C)C(C)(c1ccccc1)C(F)(F)F.CC(C)(C)C(C)(C)C1(C2CCCC2)CC[N+](C)(C)CC1.COC. The molecule has 0 bridgehead atoms. The molecule has 2 saturated carbocycles. The number of alkyl halides is 3. The van der Waals surface area contributed by atoms with Gasteiger partial charge in [-0.1, -0.05) is 180 Å². The van der Waals surface area contributed by atoms with Gasteiger partial charge in [0.1, 0.15) is 0 Å². The number of ether oxygens (including phenoxy) is 1. The number of quaternary nitrogens is 1. The maximum atomic E-state index is 13.8. The Balaban J connectivity index is 0.000000759. The largest absolute Gasteiger partial charge is 0.398 e. The number of methoxy groups -OCH3 is 1. The van der Waals surface area contributed by atoms with Gasteiger partial charge in [-0.2, -0.15) is 13.2 Å². The van der Waals surface area contributed by atoms with Crippen molar-refractivity contribution in [1.82, 2.24) is 0 Å². The quantitative estimate of drug-likeness (QED) is 0.277. The minimum atomic E-state index is -4.30. The van der Waals surface area contributed by atoms with Crippen LogP contribution in [-0.2, 0) is 10.2 Å². The van der Waals surface area contributed by atoms with Crippen LogP contribution in [0.5, 0.6) is 0 Å². The highest BCUT2D eigenvalue weighted by molar-refractivity contribution is 5.30. The molecule has 320 valence electrons. The van der Waals surface area contributed by atoms with Crippen LogP contribution in [0.3, 0.4) is 0 Å². The summed E-state index contributed by atoms with van der Waals surface area (Å²) >= 11 is 0. The minimum absolute atomic E-state index is 0.322. The first-order chi connectivity index (χ1) is 24.0.